The van der Waals surface area contributed by atoms with Crippen molar-refractivity contribution in [3.05, 3.63) is 59.7 Å². The maximum Gasteiger partial charge on any atom is 0.240 e. The van der Waals surface area contributed by atoms with Crippen LogP contribution in [0.3, 0.4) is 0 Å². The summed E-state index contributed by atoms with van der Waals surface area (Å²) in [4.78, 5) is 23.6. The average Bonchev–Trinajstić information content (AvgIpc) is 2.62. The second-order valence-corrected chi connectivity index (χ2v) is 5.45. The van der Waals surface area contributed by atoms with Crippen molar-refractivity contribution in [1.82, 2.24) is 5.43 Å². The van der Waals surface area contributed by atoms with E-state index in [1.807, 2.05) is 49.4 Å². The van der Waals surface area contributed by atoms with Crippen molar-refractivity contribution in [2.75, 3.05) is 12.4 Å². The molecular formula is C19H21N3O3. The first-order valence-electron chi connectivity index (χ1n) is 7.90. The van der Waals surface area contributed by atoms with Crippen LogP contribution in [0.1, 0.15) is 24.0 Å². The fourth-order valence-corrected chi connectivity index (χ4v) is 2.09. The highest BCUT2D eigenvalue weighted by Gasteiger charge is 2.07. The first kappa shape index (κ1) is 18.2. The Labute approximate surface area is 146 Å². The molecule has 0 unspecified atom stereocenters. The van der Waals surface area contributed by atoms with Crippen molar-refractivity contribution < 1.29 is 14.3 Å². The quantitative estimate of drug-likeness (QED) is 0.601. The van der Waals surface area contributed by atoms with E-state index in [9.17, 15) is 9.59 Å². The topological polar surface area (TPSA) is 79.8 Å². The summed E-state index contributed by atoms with van der Waals surface area (Å²) in [5.74, 6) is 0.121. The number of carbonyl (C=O) groups excluding carboxylic acids is 2. The van der Waals surface area contributed by atoms with Crippen molar-refractivity contribution in [3.63, 3.8) is 0 Å². The average molecular weight is 339 g/mol. The molecule has 0 saturated carbocycles. The maximum atomic E-state index is 11.8. The number of nitrogens with zero attached hydrogens (tertiary/aromatic N) is 1. The highest BCUT2D eigenvalue weighted by atomic mass is 16.5. The summed E-state index contributed by atoms with van der Waals surface area (Å²) in [6.07, 6.45) is 1.65. The van der Waals surface area contributed by atoms with Crippen LogP contribution in [-0.4, -0.2) is 25.1 Å². The Morgan fingerprint density at radius 1 is 1.04 bits per heavy atom. The lowest BCUT2D eigenvalue weighted by atomic mass is 10.2. The number of nitrogens with one attached hydrogen (secondary N) is 2. The largest absolute Gasteiger partial charge is 0.496 e. The first-order valence-corrected chi connectivity index (χ1v) is 7.90. The van der Waals surface area contributed by atoms with Gasteiger partial charge in [0.2, 0.25) is 11.8 Å². The molecule has 0 heterocycles. The van der Waals surface area contributed by atoms with E-state index in [1.165, 1.54) is 6.21 Å². The van der Waals surface area contributed by atoms with Gasteiger partial charge in [0.05, 0.1) is 13.3 Å². The lowest BCUT2D eigenvalue weighted by molar-refractivity contribution is -0.124. The van der Waals surface area contributed by atoms with Gasteiger partial charge in [0, 0.05) is 24.1 Å². The Balaban J connectivity index is 1.75. The van der Waals surface area contributed by atoms with E-state index in [1.54, 1.807) is 13.2 Å². The van der Waals surface area contributed by atoms with Crippen LogP contribution in [0, 0.1) is 6.92 Å². The predicted molar refractivity (Wildman–Crippen MR) is 97.8 cm³/mol. The van der Waals surface area contributed by atoms with E-state index < -0.39 is 0 Å². The summed E-state index contributed by atoms with van der Waals surface area (Å²) in [7, 11) is 1.57. The number of benzene rings is 2. The second-order valence-electron chi connectivity index (χ2n) is 5.45. The Morgan fingerprint density at radius 2 is 1.72 bits per heavy atom. The van der Waals surface area contributed by atoms with E-state index in [2.05, 4.69) is 15.8 Å². The molecule has 0 aromatic heterocycles. The molecular weight excluding hydrogens is 318 g/mol. The van der Waals surface area contributed by atoms with Gasteiger partial charge in [0.1, 0.15) is 5.75 Å². The van der Waals surface area contributed by atoms with Crippen molar-refractivity contribution >= 4 is 23.7 Å². The molecule has 0 radical (unpaired) electrons. The van der Waals surface area contributed by atoms with Gasteiger partial charge in [-0.05, 0) is 31.2 Å². The summed E-state index contributed by atoms with van der Waals surface area (Å²) in [6.45, 7) is 1.97. The minimum absolute atomic E-state index is 0.0565. The zero-order valence-corrected chi connectivity index (χ0v) is 14.3. The number of rotatable bonds is 7. The van der Waals surface area contributed by atoms with Crippen molar-refractivity contribution in [3.8, 4) is 5.75 Å². The number of hydrazone groups is 1. The Hall–Kier alpha value is -3.15. The van der Waals surface area contributed by atoms with E-state index in [0.29, 0.717) is 11.4 Å². The smallest absolute Gasteiger partial charge is 0.240 e. The number of ether oxygens (including phenoxy) is 1. The molecule has 2 amide bonds. The normalized spacial score (nSPS) is 10.5. The Kier molecular flexibility index (Phi) is 6.71. The van der Waals surface area contributed by atoms with Gasteiger partial charge < -0.3 is 10.1 Å². The van der Waals surface area contributed by atoms with Gasteiger partial charge in [0.15, 0.2) is 0 Å². The van der Waals surface area contributed by atoms with Gasteiger partial charge >= 0.3 is 0 Å². The van der Waals surface area contributed by atoms with Gasteiger partial charge in [-0.25, -0.2) is 5.43 Å². The SMILES string of the molecule is COc1ccccc1/C=N\NC(=O)CCC(=O)Nc1ccc(C)cc1. The molecule has 0 saturated heterocycles. The molecule has 0 spiro atoms. The second kappa shape index (κ2) is 9.22. The molecule has 2 rings (SSSR count). The molecule has 2 aromatic rings. The highest BCUT2D eigenvalue weighted by molar-refractivity contribution is 5.93. The maximum absolute atomic E-state index is 11.8. The van der Waals surface area contributed by atoms with Crippen LogP contribution in [0.5, 0.6) is 5.75 Å². The first-order chi connectivity index (χ1) is 12.1. The Morgan fingerprint density at radius 3 is 2.44 bits per heavy atom. The van der Waals surface area contributed by atoms with Gasteiger partial charge in [-0.15, -0.1) is 0 Å². The van der Waals surface area contributed by atoms with Crippen molar-refractivity contribution in [2.24, 2.45) is 5.10 Å². The minimum Gasteiger partial charge on any atom is -0.496 e. The molecule has 130 valence electrons. The van der Waals surface area contributed by atoms with E-state index in [4.69, 9.17) is 4.74 Å². The number of hydrogen-bond acceptors (Lipinski definition) is 4. The number of aryl methyl sites for hydroxylation is 1. The molecule has 0 aliphatic carbocycles. The molecule has 0 fully saturated rings. The predicted octanol–water partition coefficient (Wildman–Crippen LogP) is 2.87. The Bertz CT molecular complexity index is 755. The van der Waals surface area contributed by atoms with Crippen LogP contribution in [0.2, 0.25) is 0 Å². The molecule has 2 N–H and O–H groups in total. The summed E-state index contributed by atoms with van der Waals surface area (Å²) in [5.41, 5.74) is 4.99. The van der Waals surface area contributed by atoms with Crippen LogP contribution in [0.15, 0.2) is 53.6 Å². The van der Waals surface area contributed by atoms with Crippen molar-refractivity contribution in [1.29, 1.82) is 0 Å². The number of carbonyl (C=O) groups is 2. The number of para-hydroxylation sites is 1. The zero-order valence-electron chi connectivity index (χ0n) is 14.3. The van der Waals surface area contributed by atoms with Crippen LogP contribution >= 0.6 is 0 Å². The van der Waals surface area contributed by atoms with E-state index in [0.717, 1.165) is 11.1 Å². The summed E-state index contributed by atoms with van der Waals surface area (Å²) >= 11 is 0. The third kappa shape index (κ3) is 6.10. The number of hydrogen-bond donors (Lipinski definition) is 2. The molecule has 6 heteroatoms. The highest BCUT2D eigenvalue weighted by Crippen LogP contribution is 2.14. The van der Waals surface area contributed by atoms with Gasteiger partial charge in [0.25, 0.3) is 0 Å². The molecule has 6 nitrogen and oxygen atoms in total. The molecule has 0 bridgehead atoms. The van der Waals surface area contributed by atoms with Crippen molar-refractivity contribution in [2.45, 2.75) is 19.8 Å². The minimum atomic E-state index is -0.329. The zero-order chi connectivity index (χ0) is 18.1. The monoisotopic (exact) mass is 339 g/mol. The molecule has 2 aromatic carbocycles. The van der Waals surface area contributed by atoms with Gasteiger partial charge in [-0.1, -0.05) is 29.8 Å². The lowest BCUT2D eigenvalue weighted by Crippen LogP contribution is -2.20. The van der Waals surface area contributed by atoms with Crippen LogP contribution < -0.4 is 15.5 Å². The molecule has 0 atom stereocenters. The lowest BCUT2D eigenvalue weighted by Gasteiger charge is -2.05. The van der Waals surface area contributed by atoms with Crippen LogP contribution in [0.25, 0.3) is 0 Å². The van der Waals surface area contributed by atoms with Gasteiger partial charge in [-0.2, -0.15) is 5.10 Å². The van der Waals surface area contributed by atoms with Gasteiger partial charge in [-0.3, -0.25) is 9.59 Å². The molecule has 0 aliphatic heterocycles. The number of amides is 2. The standard InChI is InChI=1S/C19H21N3O3/c1-14-7-9-16(10-8-14)21-18(23)11-12-19(24)22-20-13-15-5-3-4-6-17(15)25-2/h3-10,13H,11-12H2,1-2H3,(H,21,23)(H,22,24)/b20-13-. The summed E-state index contributed by atoms with van der Waals surface area (Å²) < 4.78 is 5.19. The molecule has 25 heavy (non-hydrogen) atoms. The third-order valence-corrected chi connectivity index (χ3v) is 3.45. The van der Waals surface area contributed by atoms with Crippen LogP contribution in [-0.2, 0) is 9.59 Å². The fraction of sp³-hybridized carbons (Fsp3) is 0.211. The summed E-state index contributed by atoms with van der Waals surface area (Å²) in [6, 6.07) is 14.8. The van der Waals surface area contributed by atoms with Crippen LogP contribution in [0.4, 0.5) is 5.69 Å². The van der Waals surface area contributed by atoms with E-state index in [-0.39, 0.29) is 24.7 Å². The summed E-state index contributed by atoms with van der Waals surface area (Å²) in [5, 5.41) is 6.63. The fourth-order valence-electron chi connectivity index (χ4n) is 2.09. The number of methoxy groups -OCH3 is 1. The van der Waals surface area contributed by atoms with E-state index >= 15 is 0 Å². The third-order valence-electron chi connectivity index (χ3n) is 3.45. The molecule has 0 aliphatic rings. The number of anilines is 1.